The molecule has 0 heterocycles. The second kappa shape index (κ2) is 8.72. The predicted octanol–water partition coefficient (Wildman–Crippen LogP) is 2.45. The third-order valence-electron chi connectivity index (χ3n) is 2.52. The van der Waals surface area contributed by atoms with Crippen molar-refractivity contribution in [2.24, 2.45) is 0 Å². The lowest BCUT2D eigenvalue weighted by Gasteiger charge is -2.20. The van der Waals surface area contributed by atoms with Gasteiger partial charge in [-0.25, -0.2) is 0 Å². The van der Waals surface area contributed by atoms with E-state index in [0.29, 0.717) is 13.0 Å². The van der Waals surface area contributed by atoms with E-state index >= 15 is 0 Å². The van der Waals surface area contributed by atoms with Crippen LogP contribution in [0.1, 0.15) is 47.0 Å². The highest BCUT2D eigenvalue weighted by molar-refractivity contribution is 5.76. The molecule has 0 radical (unpaired) electrons. The summed E-state index contributed by atoms with van der Waals surface area (Å²) >= 11 is 0. The molecule has 0 spiro atoms. The Morgan fingerprint density at radius 1 is 1.33 bits per heavy atom. The number of hydrogen-bond donors (Lipinski definition) is 0. The molecule has 0 rings (SSSR count). The van der Waals surface area contributed by atoms with Gasteiger partial charge in [-0.2, -0.15) is 0 Å². The summed E-state index contributed by atoms with van der Waals surface area (Å²) in [4.78, 5) is 13.6. The maximum Gasteiger partial charge on any atom is 0.224 e. The molecule has 90 valence electrons. The highest BCUT2D eigenvalue weighted by Crippen LogP contribution is 2.00. The zero-order valence-electron chi connectivity index (χ0n) is 10.6. The average molecular weight is 215 g/mol. The first-order chi connectivity index (χ1) is 7.15. The Balaban J connectivity index is 3.71. The van der Waals surface area contributed by atoms with Crippen LogP contribution in [0, 0.1) is 0 Å². The fourth-order valence-corrected chi connectivity index (χ4v) is 1.35. The molecular formula is C12H25NO2. The Labute approximate surface area is 93.8 Å². The molecule has 0 aliphatic heterocycles. The van der Waals surface area contributed by atoms with Crippen LogP contribution in [0.3, 0.4) is 0 Å². The molecule has 3 heteroatoms. The molecule has 3 nitrogen and oxygen atoms in total. The molecule has 0 bridgehead atoms. The number of nitrogens with zero attached hydrogens (tertiary/aromatic N) is 1. The standard InChI is InChI=1S/C12H25NO2/c1-5-9-13(7-3)12(14)8-10-15-11(4)6-2/h11H,5-10H2,1-4H3. The third kappa shape index (κ3) is 6.50. The van der Waals surface area contributed by atoms with Crippen LogP contribution in [0.5, 0.6) is 0 Å². The first-order valence-corrected chi connectivity index (χ1v) is 6.05. The zero-order chi connectivity index (χ0) is 11.7. The lowest BCUT2D eigenvalue weighted by Crippen LogP contribution is -2.32. The van der Waals surface area contributed by atoms with Gasteiger partial charge in [-0.1, -0.05) is 13.8 Å². The van der Waals surface area contributed by atoms with E-state index in [0.717, 1.165) is 25.9 Å². The van der Waals surface area contributed by atoms with Gasteiger partial charge in [0.15, 0.2) is 0 Å². The number of carbonyl (C=O) groups excluding carboxylic acids is 1. The second-order valence-electron chi connectivity index (χ2n) is 3.81. The molecule has 0 aromatic rings. The molecule has 0 aliphatic rings. The van der Waals surface area contributed by atoms with E-state index in [-0.39, 0.29) is 12.0 Å². The maximum absolute atomic E-state index is 11.7. The molecule has 0 aromatic carbocycles. The van der Waals surface area contributed by atoms with E-state index < -0.39 is 0 Å². The molecule has 1 amide bonds. The summed E-state index contributed by atoms with van der Waals surface area (Å²) in [7, 11) is 0. The van der Waals surface area contributed by atoms with Crippen molar-refractivity contribution in [2.45, 2.75) is 53.1 Å². The van der Waals surface area contributed by atoms with Gasteiger partial charge >= 0.3 is 0 Å². The van der Waals surface area contributed by atoms with Crippen LogP contribution in [0.2, 0.25) is 0 Å². The van der Waals surface area contributed by atoms with Gasteiger partial charge in [0.1, 0.15) is 0 Å². The molecule has 1 unspecified atom stereocenters. The monoisotopic (exact) mass is 215 g/mol. The normalized spacial score (nSPS) is 12.5. The zero-order valence-corrected chi connectivity index (χ0v) is 10.6. The number of hydrogen-bond acceptors (Lipinski definition) is 2. The molecule has 0 fully saturated rings. The van der Waals surface area contributed by atoms with E-state index in [2.05, 4.69) is 13.8 Å². The van der Waals surface area contributed by atoms with Gasteiger partial charge in [-0.3, -0.25) is 4.79 Å². The van der Waals surface area contributed by atoms with Crippen LogP contribution in [0.25, 0.3) is 0 Å². The second-order valence-corrected chi connectivity index (χ2v) is 3.81. The summed E-state index contributed by atoms with van der Waals surface area (Å²) in [6.45, 7) is 10.4. The minimum absolute atomic E-state index is 0.211. The summed E-state index contributed by atoms with van der Waals surface area (Å²) in [5.74, 6) is 0.211. The van der Waals surface area contributed by atoms with Crippen molar-refractivity contribution in [3.63, 3.8) is 0 Å². The van der Waals surface area contributed by atoms with Gasteiger partial charge in [0.2, 0.25) is 5.91 Å². The largest absolute Gasteiger partial charge is 0.378 e. The summed E-state index contributed by atoms with van der Waals surface area (Å²) in [6, 6.07) is 0. The van der Waals surface area contributed by atoms with E-state index in [9.17, 15) is 4.79 Å². The SMILES string of the molecule is CCCN(CC)C(=O)CCOC(C)CC. The van der Waals surface area contributed by atoms with Gasteiger partial charge in [-0.05, 0) is 26.7 Å². The number of ether oxygens (including phenoxy) is 1. The van der Waals surface area contributed by atoms with Crippen molar-refractivity contribution < 1.29 is 9.53 Å². The van der Waals surface area contributed by atoms with Crippen molar-refractivity contribution in [1.29, 1.82) is 0 Å². The van der Waals surface area contributed by atoms with Gasteiger partial charge in [0.25, 0.3) is 0 Å². The highest BCUT2D eigenvalue weighted by Gasteiger charge is 2.10. The fraction of sp³-hybridized carbons (Fsp3) is 0.917. The Morgan fingerprint density at radius 2 is 2.00 bits per heavy atom. The molecule has 0 saturated heterocycles. The van der Waals surface area contributed by atoms with E-state index in [4.69, 9.17) is 4.74 Å². The van der Waals surface area contributed by atoms with Crippen LogP contribution >= 0.6 is 0 Å². The average Bonchev–Trinajstić information content (AvgIpc) is 2.25. The van der Waals surface area contributed by atoms with Crippen LogP contribution in [-0.4, -0.2) is 36.6 Å². The van der Waals surface area contributed by atoms with Gasteiger partial charge in [0, 0.05) is 13.1 Å². The molecule has 0 aliphatic carbocycles. The number of carbonyl (C=O) groups is 1. The lowest BCUT2D eigenvalue weighted by molar-refractivity contribution is -0.132. The van der Waals surface area contributed by atoms with Crippen molar-refractivity contribution in [2.75, 3.05) is 19.7 Å². The van der Waals surface area contributed by atoms with Crippen LogP contribution < -0.4 is 0 Å². The van der Waals surface area contributed by atoms with Crippen molar-refractivity contribution >= 4 is 5.91 Å². The summed E-state index contributed by atoms with van der Waals surface area (Å²) < 4.78 is 5.49. The molecular weight excluding hydrogens is 190 g/mol. The summed E-state index contributed by atoms with van der Waals surface area (Å²) in [5, 5.41) is 0. The molecule has 1 atom stereocenters. The fourth-order valence-electron chi connectivity index (χ4n) is 1.35. The van der Waals surface area contributed by atoms with Crippen LogP contribution in [0.15, 0.2) is 0 Å². The first kappa shape index (κ1) is 14.4. The highest BCUT2D eigenvalue weighted by atomic mass is 16.5. The van der Waals surface area contributed by atoms with Crippen molar-refractivity contribution in [3.8, 4) is 0 Å². The smallest absolute Gasteiger partial charge is 0.224 e. The molecule has 15 heavy (non-hydrogen) atoms. The number of amides is 1. The Bertz CT molecular complexity index is 171. The maximum atomic E-state index is 11.7. The van der Waals surface area contributed by atoms with Gasteiger partial charge in [-0.15, -0.1) is 0 Å². The van der Waals surface area contributed by atoms with Gasteiger partial charge < -0.3 is 9.64 Å². The predicted molar refractivity (Wildman–Crippen MR) is 62.9 cm³/mol. The van der Waals surface area contributed by atoms with Crippen LogP contribution in [0.4, 0.5) is 0 Å². The third-order valence-corrected chi connectivity index (χ3v) is 2.52. The Kier molecular flexibility index (Phi) is 8.38. The summed E-state index contributed by atoms with van der Waals surface area (Å²) in [6.07, 6.45) is 2.80. The van der Waals surface area contributed by atoms with E-state index in [1.807, 2.05) is 18.7 Å². The van der Waals surface area contributed by atoms with Crippen molar-refractivity contribution in [3.05, 3.63) is 0 Å². The van der Waals surface area contributed by atoms with Crippen LogP contribution in [-0.2, 0) is 9.53 Å². The minimum Gasteiger partial charge on any atom is -0.378 e. The minimum atomic E-state index is 0.211. The lowest BCUT2D eigenvalue weighted by atomic mass is 10.3. The summed E-state index contributed by atoms with van der Waals surface area (Å²) in [5.41, 5.74) is 0. The molecule has 0 N–H and O–H groups in total. The van der Waals surface area contributed by atoms with Gasteiger partial charge in [0.05, 0.1) is 19.1 Å². The quantitative estimate of drug-likeness (QED) is 0.622. The first-order valence-electron chi connectivity index (χ1n) is 6.05. The van der Waals surface area contributed by atoms with E-state index in [1.54, 1.807) is 0 Å². The Morgan fingerprint density at radius 3 is 2.47 bits per heavy atom. The molecule has 0 saturated carbocycles. The Hall–Kier alpha value is -0.570. The molecule has 0 aromatic heterocycles. The van der Waals surface area contributed by atoms with Crippen molar-refractivity contribution in [1.82, 2.24) is 4.90 Å². The topological polar surface area (TPSA) is 29.5 Å². The van der Waals surface area contributed by atoms with E-state index in [1.165, 1.54) is 0 Å². The number of rotatable bonds is 8.